The average molecular weight is 515 g/mol. The zero-order valence-electron chi connectivity index (χ0n) is 19.5. The maximum atomic E-state index is 12.7. The molecule has 0 saturated carbocycles. The standard InChI is InChI=1S/C27H28Cl2N2O4/c1-34-27(33)24(31-26(32)25-22(28)9-6-10-23(25)29)17-19-11-13-20(14-12-19)18-35-16-5-3-8-21-7-2-4-15-30-21/h2,4,6-7,9-15,24H,3,5,8,16-18H2,1H3,(H,31,32)/t24-/m0/s1. The third kappa shape index (κ3) is 8.35. The number of aromatic nitrogens is 1. The van der Waals surface area contributed by atoms with Crippen molar-refractivity contribution in [1.82, 2.24) is 10.3 Å². The van der Waals surface area contributed by atoms with E-state index in [9.17, 15) is 9.59 Å². The molecule has 0 aliphatic carbocycles. The summed E-state index contributed by atoms with van der Waals surface area (Å²) in [7, 11) is 1.28. The molecule has 0 aliphatic heterocycles. The molecule has 1 N–H and O–H groups in total. The van der Waals surface area contributed by atoms with E-state index < -0.39 is 17.9 Å². The number of ether oxygens (including phenoxy) is 2. The highest BCUT2D eigenvalue weighted by Crippen LogP contribution is 2.24. The molecule has 0 spiro atoms. The summed E-state index contributed by atoms with van der Waals surface area (Å²) in [6.45, 7) is 1.18. The predicted molar refractivity (Wildman–Crippen MR) is 137 cm³/mol. The Morgan fingerprint density at radius 2 is 1.66 bits per heavy atom. The minimum absolute atomic E-state index is 0.122. The Kier molecular flexibility index (Phi) is 10.5. The fourth-order valence-corrected chi connectivity index (χ4v) is 4.10. The molecule has 3 rings (SSSR count). The van der Waals surface area contributed by atoms with Crippen molar-refractivity contribution in [3.05, 3.63) is 99.3 Å². The zero-order chi connectivity index (χ0) is 25.0. The normalized spacial score (nSPS) is 11.6. The number of unbranched alkanes of at least 4 members (excludes halogenated alkanes) is 1. The molecule has 1 aromatic heterocycles. The molecule has 0 aliphatic rings. The van der Waals surface area contributed by atoms with Gasteiger partial charge in [-0.2, -0.15) is 0 Å². The zero-order valence-corrected chi connectivity index (χ0v) is 21.0. The van der Waals surface area contributed by atoms with Gasteiger partial charge in [-0.15, -0.1) is 0 Å². The first-order valence-corrected chi connectivity index (χ1v) is 12.1. The van der Waals surface area contributed by atoms with Gasteiger partial charge in [0.2, 0.25) is 0 Å². The van der Waals surface area contributed by atoms with Crippen molar-refractivity contribution in [3.8, 4) is 0 Å². The van der Waals surface area contributed by atoms with E-state index in [1.165, 1.54) is 7.11 Å². The second-order valence-corrected chi connectivity index (χ2v) is 8.81. The number of nitrogens with one attached hydrogen (secondary N) is 1. The molecule has 8 heteroatoms. The number of benzene rings is 2. The summed E-state index contributed by atoms with van der Waals surface area (Å²) in [5.41, 5.74) is 3.11. The molecule has 6 nitrogen and oxygen atoms in total. The third-order valence-corrected chi connectivity index (χ3v) is 6.04. The summed E-state index contributed by atoms with van der Waals surface area (Å²) in [6.07, 6.45) is 5.00. The molecule has 1 amide bonds. The van der Waals surface area contributed by atoms with Crippen molar-refractivity contribution in [3.63, 3.8) is 0 Å². The van der Waals surface area contributed by atoms with E-state index in [0.29, 0.717) is 13.2 Å². The van der Waals surface area contributed by atoms with E-state index in [4.69, 9.17) is 32.7 Å². The molecule has 0 unspecified atom stereocenters. The average Bonchev–Trinajstić information content (AvgIpc) is 2.86. The van der Waals surface area contributed by atoms with Gasteiger partial charge in [-0.05, 0) is 54.7 Å². The number of methoxy groups -OCH3 is 1. The molecular weight excluding hydrogens is 487 g/mol. The first-order valence-electron chi connectivity index (χ1n) is 11.4. The van der Waals surface area contributed by atoms with E-state index in [0.717, 1.165) is 36.1 Å². The van der Waals surface area contributed by atoms with Gasteiger partial charge in [0.25, 0.3) is 5.91 Å². The number of hydrogen-bond acceptors (Lipinski definition) is 5. The van der Waals surface area contributed by atoms with Crippen LogP contribution in [0.2, 0.25) is 10.0 Å². The molecule has 35 heavy (non-hydrogen) atoms. The number of carbonyl (C=O) groups excluding carboxylic acids is 2. The SMILES string of the molecule is COC(=O)[C@H](Cc1ccc(COCCCCc2ccccn2)cc1)NC(=O)c1c(Cl)cccc1Cl. The van der Waals surface area contributed by atoms with Gasteiger partial charge in [0.15, 0.2) is 0 Å². The summed E-state index contributed by atoms with van der Waals surface area (Å²) in [5, 5.41) is 3.10. The fraction of sp³-hybridized carbons (Fsp3) is 0.296. The number of nitrogens with zero attached hydrogens (tertiary/aromatic N) is 1. The summed E-state index contributed by atoms with van der Waals surface area (Å²) in [4.78, 5) is 29.4. The summed E-state index contributed by atoms with van der Waals surface area (Å²) < 4.78 is 10.7. The number of aryl methyl sites for hydroxylation is 1. The monoisotopic (exact) mass is 514 g/mol. The van der Waals surface area contributed by atoms with Gasteiger partial charge in [-0.25, -0.2) is 4.79 Å². The molecule has 0 radical (unpaired) electrons. The van der Waals surface area contributed by atoms with Crippen molar-refractivity contribution in [2.24, 2.45) is 0 Å². The van der Waals surface area contributed by atoms with Gasteiger partial charge < -0.3 is 14.8 Å². The van der Waals surface area contributed by atoms with Crippen LogP contribution in [0.25, 0.3) is 0 Å². The Bertz CT molecular complexity index is 1090. The van der Waals surface area contributed by atoms with Gasteiger partial charge in [-0.3, -0.25) is 9.78 Å². The van der Waals surface area contributed by atoms with Gasteiger partial charge in [0.05, 0.1) is 29.3 Å². The van der Waals surface area contributed by atoms with Crippen LogP contribution in [0, 0.1) is 0 Å². The Morgan fingerprint density at radius 3 is 2.31 bits per heavy atom. The Labute approximate surface area is 215 Å². The van der Waals surface area contributed by atoms with Crippen LogP contribution in [-0.2, 0) is 33.7 Å². The van der Waals surface area contributed by atoms with Crippen molar-refractivity contribution in [2.75, 3.05) is 13.7 Å². The number of hydrogen-bond donors (Lipinski definition) is 1. The maximum Gasteiger partial charge on any atom is 0.328 e. The number of carbonyl (C=O) groups is 2. The van der Waals surface area contributed by atoms with E-state index in [1.54, 1.807) is 18.2 Å². The van der Waals surface area contributed by atoms with Crippen LogP contribution >= 0.6 is 23.2 Å². The van der Waals surface area contributed by atoms with E-state index in [2.05, 4.69) is 10.3 Å². The molecule has 0 fully saturated rings. The van der Waals surface area contributed by atoms with Gasteiger partial charge in [-0.1, -0.05) is 59.6 Å². The molecular formula is C27H28Cl2N2O4. The Hall–Kier alpha value is -2.93. The van der Waals surface area contributed by atoms with E-state index >= 15 is 0 Å². The molecule has 0 bridgehead atoms. The van der Waals surface area contributed by atoms with Crippen LogP contribution in [0.4, 0.5) is 0 Å². The first-order chi connectivity index (χ1) is 17.0. The number of pyridine rings is 1. The minimum Gasteiger partial charge on any atom is -0.467 e. The van der Waals surface area contributed by atoms with Crippen LogP contribution < -0.4 is 5.32 Å². The quantitative estimate of drug-likeness (QED) is 0.257. The Morgan fingerprint density at radius 1 is 0.943 bits per heavy atom. The van der Waals surface area contributed by atoms with Crippen molar-refractivity contribution >= 4 is 35.1 Å². The fourth-order valence-electron chi connectivity index (χ4n) is 3.53. The van der Waals surface area contributed by atoms with Crippen LogP contribution in [0.5, 0.6) is 0 Å². The van der Waals surface area contributed by atoms with Crippen molar-refractivity contribution < 1.29 is 19.1 Å². The number of esters is 1. The van der Waals surface area contributed by atoms with Crippen LogP contribution in [0.15, 0.2) is 66.9 Å². The summed E-state index contributed by atoms with van der Waals surface area (Å²) in [6, 6.07) is 17.5. The molecule has 2 aromatic carbocycles. The third-order valence-electron chi connectivity index (χ3n) is 5.41. The van der Waals surface area contributed by atoms with Gasteiger partial charge in [0, 0.05) is 24.9 Å². The minimum atomic E-state index is -0.888. The summed E-state index contributed by atoms with van der Waals surface area (Å²) in [5.74, 6) is -1.09. The lowest BCUT2D eigenvalue weighted by atomic mass is 10.0. The first kappa shape index (κ1) is 26.7. The lowest BCUT2D eigenvalue weighted by molar-refractivity contribution is -0.142. The second kappa shape index (κ2) is 13.8. The lowest BCUT2D eigenvalue weighted by Gasteiger charge is -2.18. The highest BCUT2D eigenvalue weighted by Gasteiger charge is 2.24. The lowest BCUT2D eigenvalue weighted by Crippen LogP contribution is -2.43. The maximum absolute atomic E-state index is 12.7. The molecule has 3 aromatic rings. The number of halogens is 2. The van der Waals surface area contributed by atoms with Gasteiger partial charge in [0.1, 0.15) is 6.04 Å². The summed E-state index contributed by atoms with van der Waals surface area (Å²) >= 11 is 12.2. The van der Waals surface area contributed by atoms with Crippen LogP contribution in [0.3, 0.4) is 0 Å². The molecule has 1 atom stereocenters. The van der Waals surface area contributed by atoms with Gasteiger partial charge >= 0.3 is 5.97 Å². The predicted octanol–water partition coefficient (Wildman–Crippen LogP) is 5.44. The number of rotatable bonds is 12. The topological polar surface area (TPSA) is 77.5 Å². The van der Waals surface area contributed by atoms with Crippen molar-refractivity contribution in [2.45, 2.75) is 38.3 Å². The largest absolute Gasteiger partial charge is 0.467 e. The van der Waals surface area contributed by atoms with E-state index in [1.807, 2.05) is 48.7 Å². The van der Waals surface area contributed by atoms with Crippen molar-refractivity contribution in [1.29, 1.82) is 0 Å². The Balaban J connectivity index is 1.48. The number of amides is 1. The molecule has 0 saturated heterocycles. The molecule has 1 heterocycles. The van der Waals surface area contributed by atoms with E-state index in [-0.39, 0.29) is 22.0 Å². The van der Waals surface area contributed by atoms with Crippen LogP contribution in [-0.4, -0.2) is 36.6 Å². The smallest absolute Gasteiger partial charge is 0.328 e. The molecule has 184 valence electrons. The van der Waals surface area contributed by atoms with Crippen LogP contribution in [0.1, 0.15) is 40.0 Å². The second-order valence-electron chi connectivity index (χ2n) is 8.00. The highest BCUT2D eigenvalue weighted by atomic mass is 35.5. The highest BCUT2D eigenvalue weighted by molar-refractivity contribution is 6.39.